The van der Waals surface area contributed by atoms with Crippen molar-refractivity contribution in [3.8, 4) is 5.88 Å². The molecule has 0 amide bonds. The van der Waals surface area contributed by atoms with Crippen LogP contribution in [0.5, 0.6) is 5.88 Å². The summed E-state index contributed by atoms with van der Waals surface area (Å²) in [6.45, 7) is 11.8. The van der Waals surface area contributed by atoms with E-state index in [0.717, 1.165) is 11.1 Å². The number of methoxy groups -OCH3 is 1. The molecular formula is C18H27FN2O. The van der Waals surface area contributed by atoms with Crippen molar-refractivity contribution in [2.24, 2.45) is 0 Å². The van der Waals surface area contributed by atoms with E-state index in [9.17, 15) is 4.39 Å². The number of hydrogen-bond acceptors (Lipinski definition) is 3. The van der Waals surface area contributed by atoms with Crippen molar-refractivity contribution in [2.45, 2.75) is 48.0 Å². The van der Waals surface area contributed by atoms with Gasteiger partial charge in [-0.05, 0) is 44.4 Å². The summed E-state index contributed by atoms with van der Waals surface area (Å²) in [7, 11) is 1.63. The molecule has 0 spiro atoms. The van der Waals surface area contributed by atoms with Gasteiger partial charge >= 0.3 is 0 Å². The minimum Gasteiger partial charge on any atom is -0.481 e. The van der Waals surface area contributed by atoms with Crippen molar-refractivity contribution in [3.63, 3.8) is 0 Å². The molecule has 2 rings (SSSR count). The highest BCUT2D eigenvalue weighted by atomic mass is 19.1. The van der Waals surface area contributed by atoms with Gasteiger partial charge in [0.25, 0.3) is 0 Å². The number of halogens is 1. The van der Waals surface area contributed by atoms with Crippen LogP contribution in [-0.4, -0.2) is 17.1 Å². The Morgan fingerprint density at radius 3 is 2.00 bits per heavy atom. The van der Waals surface area contributed by atoms with E-state index in [2.05, 4.69) is 9.97 Å². The maximum Gasteiger partial charge on any atom is 0.216 e. The third kappa shape index (κ3) is 6.66. The van der Waals surface area contributed by atoms with Crippen LogP contribution in [0.4, 0.5) is 4.39 Å². The van der Waals surface area contributed by atoms with Gasteiger partial charge in [-0.15, -0.1) is 0 Å². The molecule has 4 heteroatoms. The summed E-state index contributed by atoms with van der Waals surface area (Å²) >= 11 is 0. The first kappa shape index (κ1) is 20.0. The van der Waals surface area contributed by atoms with Gasteiger partial charge in [-0.1, -0.05) is 26.8 Å². The lowest BCUT2D eigenvalue weighted by atomic mass is 10.2. The molecule has 2 aromatic heterocycles. The molecule has 0 unspecified atom stereocenters. The molecule has 0 fully saturated rings. The van der Waals surface area contributed by atoms with E-state index in [1.165, 1.54) is 11.8 Å². The van der Waals surface area contributed by atoms with E-state index < -0.39 is 0 Å². The zero-order chi connectivity index (χ0) is 17.1. The fraction of sp³-hybridized carbons (Fsp3) is 0.444. The van der Waals surface area contributed by atoms with Crippen LogP contribution in [0, 0.1) is 26.7 Å². The van der Waals surface area contributed by atoms with Gasteiger partial charge in [0.15, 0.2) is 0 Å². The van der Waals surface area contributed by atoms with Gasteiger partial charge in [-0.2, -0.15) is 4.39 Å². The molecule has 3 nitrogen and oxygen atoms in total. The number of aromatic nitrogens is 2. The molecule has 0 aliphatic carbocycles. The molecule has 0 N–H and O–H groups in total. The standard InChI is InChI=1S/C8H10FN.C8H11NO.C2H6/c1-3-7-4-6(2)5-10-8(7)9;1-6-4-7(2)8(10-3)9-5-6;1-2/h4-5H,3H2,1-2H3;4-5H,1-3H3;1-2H3. The summed E-state index contributed by atoms with van der Waals surface area (Å²) in [4.78, 5) is 7.66. The molecule has 0 saturated heterocycles. The number of rotatable bonds is 2. The second-order valence-electron chi connectivity index (χ2n) is 4.65. The number of aryl methyl sites for hydroxylation is 4. The summed E-state index contributed by atoms with van der Waals surface area (Å²) in [5.41, 5.74) is 3.96. The molecule has 2 heterocycles. The van der Waals surface area contributed by atoms with Crippen LogP contribution in [0.1, 0.15) is 43.0 Å². The lowest BCUT2D eigenvalue weighted by molar-refractivity contribution is 0.394. The van der Waals surface area contributed by atoms with Crippen molar-refractivity contribution in [2.75, 3.05) is 7.11 Å². The van der Waals surface area contributed by atoms with Crippen LogP contribution < -0.4 is 4.74 Å². The second-order valence-corrected chi connectivity index (χ2v) is 4.65. The first-order valence-corrected chi connectivity index (χ1v) is 7.56. The molecule has 0 saturated carbocycles. The summed E-state index contributed by atoms with van der Waals surface area (Å²) in [5, 5.41) is 0. The first-order chi connectivity index (χ1) is 10.5. The van der Waals surface area contributed by atoms with Gasteiger partial charge in [0.1, 0.15) is 0 Å². The molecule has 0 radical (unpaired) electrons. The highest BCUT2D eigenvalue weighted by Gasteiger charge is 1.99. The Balaban J connectivity index is 0.000000360. The van der Waals surface area contributed by atoms with E-state index in [4.69, 9.17) is 4.74 Å². The maximum atomic E-state index is 12.7. The van der Waals surface area contributed by atoms with Crippen molar-refractivity contribution < 1.29 is 9.13 Å². The van der Waals surface area contributed by atoms with Gasteiger partial charge in [-0.3, -0.25) is 0 Å². The smallest absolute Gasteiger partial charge is 0.216 e. The second kappa shape index (κ2) is 10.7. The molecule has 122 valence electrons. The normalized spacial score (nSPS) is 9.09. The predicted molar refractivity (Wildman–Crippen MR) is 89.9 cm³/mol. The van der Waals surface area contributed by atoms with Gasteiger partial charge in [-0.25, -0.2) is 9.97 Å². The first-order valence-electron chi connectivity index (χ1n) is 7.56. The summed E-state index contributed by atoms with van der Waals surface area (Å²) in [6, 6.07) is 3.87. The van der Waals surface area contributed by atoms with Crippen molar-refractivity contribution in [1.82, 2.24) is 9.97 Å². The van der Waals surface area contributed by atoms with E-state index in [1.54, 1.807) is 13.3 Å². The quantitative estimate of drug-likeness (QED) is 0.746. The zero-order valence-electron chi connectivity index (χ0n) is 14.7. The monoisotopic (exact) mass is 306 g/mol. The van der Waals surface area contributed by atoms with Crippen molar-refractivity contribution >= 4 is 0 Å². The molecule has 0 aliphatic rings. The van der Waals surface area contributed by atoms with Crippen molar-refractivity contribution in [3.05, 3.63) is 52.7 Å². The summed E-state index contributed by atoms with van der Waals surface area (Å²) in [5.74, 6) is 0.374. The highest BCUT2D eigenvalue weighted by molar-refractivity contribution is 5.27. The molecule has 0 bridgehead atoms. The van der Waals surface area contributed by atoms with E-state index in [0.29, 0.717) is 17.9 Å². The average molecular weight is 306 g/mol. The lowest BCUT2D eigenvalue weighted by Gasteiger charge is -2.01. The van der Waals surface area contributed by atoms with Gasteiger partial charge in [0.2, 0.25) is 11.8 Å². The van der Waals surface area contributed by atoms with Crippen LogP contribution in [-0.2, 0) is 6.42 Å². The SMILES string of the molecule is CC.CCc1cc(C)cnc1F.COc1ncc(C)cc1C. The van der Waals surface area contributed by atoms with E-state index in [-0.39, 0.29) is 5.95 Å². The summed E-state index contributed by atoms with van der Waals surface area (Å²) in [6.07, 6.45) is 4.04. The Labute approximate surface area is 133 Å². The lowest BCUT2D eigenvalue weighted by Crippen LogP contribution is -1.92. The van der Waals surface area contributed by atoms with Gasteiger partial charge in [0, 0.05) is 23.5 Å². The highest BCUT2D eigenvalue weighted by Crippen LogP contribution is 2.13. The minimum absolute atomic E-state index is 0.340. The topological polar surface area (TPSA) is 35.0 Å². The fourth-order valence-corrected chi connectivity index (χ4v) is 1.78. The summed E-state index contributed by atoms with van der Waals surface area (Å²) < 4.78 is 17.6. The van der Waals surface area contributed by atoms with E-state index >= 15 is 0 Å². The number of ether oxygens (including phenoxy) is 1. The van der Waals surface area contributed by atoms with Crippen LogP contribution in [0.15, 0.2) is 24.5 Å². The Hall–Kier alpha value is -1.97. The van der Waals surface area contributed by atoms with Crippen LogP contribution in [0.25, 0.3) is 0 Å². The third-order valence-electron chi connectivity index (χ3n) is 2.79. The van der Waals surface area contributed by atoms with Crippen LogP contribution in [0.2, 0.25) is 0 Å². The Kier molecular flexibility index (Phi) is 9.75. The molecular weight excluding hydrogens is 279 g/mol. The van der Waals surface area contributed by atoms with Crippen LogP contribution >= 0.6 is 0 Å². The van der Waals surface area contributed by atoms with Crippen LogP contribution in [0.3, 0.4) is 0 Å². The number of nitrogens with zero attached hydrogens (tertiary/aromatic N) is 2. The largest absolute Gasteiger partial charge is 0.481 e. The molecule has 2 aromatic rings. The fourth-order valence-electron chi connectivity index (χ4n) is 1.78. The molecule has 0 aromatic carbocycles. The number of pyridine rings is 2. The molecule has 22 heavy (non-hydrogen) atoms. The Morgan fingerprint density at radius 1 is 1.00 bits per heavy atom. The Morgan fingerprint density at radius 2 is 1.55 bits per heavy atom. The number of hydrogen-bond donors (Lipinski definition) is 0. The molecule has 0 atom stereocenters. The maximum absolute atomic E-state index is 12.7. The van der Waals surface area contributed by atoms with E-state index in [1.807, 2.05) is 53.7 Å². The van der Waals surface area contributed by atoms with Gasteiger partial charge < -0.3 is 4.74 Å². The minimum atomic E-state index is -0.340. The average Bonchev–Trinajstić information content (AvgIpc) is 2.52. The zero-order valence-corrected chi connectivity index (χ0v) is 14.7. The van der Waals surface area contributed by atoms with Gasteiger partial charge in [0.05, 0.1) is 7.11 Å². The Bertz CT molecular complexity index is 571. The van der Waals surface area contributed by atoms with Crippen molar-refractivity contribution in [1.29, 1.82) is 0 Å². The molecule has 0 aliphatic heterocycles. The third-order valence-corrected chi connectivity index (χ3v) is 2.79. The predicted octanol–water partition coefficient (Wildman–Crippen LogP) is 4.82.